The fourth-order valence-electron chi connectivity index (χ4n) is 5.13. The first-order valence-corrected chi connectivity index (χ1v) is 11.9. The molecule has 4 nitrogen and oxygen atoms in total. The summed E-state index contributed by atoms with van der Waals surface area (Å²) in [4.78, 5) is 10.9. The lowest BCUT2D eigenvalue weighted by Gasteiger charge is -2.19. The number of unbranched alkanes of at least 4 members (excludes halogenated alkanes) is 3. The van der Waals surface area contributed by atoms with Crippen molar-refractivity contribution >= 4 is 5.91 Å². The van der Waals surface area contributed by atoms with Crippen molar-refractivity contribution in [3.05, 3.63) is 23.8 Å². The van der Waals surface area contributed by atoms with Gasteiger partial charge in [-0.1, -0.05) is 63.3 Å². The minimum atomic E-state index is -0.398. The highest BCUT2D eigenvalue weighted by Gasteiger charge is 2.43. The molecule has 0 heterocycles. The molecule has 3 N–H and O–H groups in total. The molecule has 6 atom stereocenters. The van der Waals surface area contributed by atoms with E-state index in [9.17, 15) is 15.0 Å². The summed E-state index contributed by atoms with van der Waals surface area (Å²) in [6.45, 7) is 6.76. The molecule has 0 radical (unpaired) electrons. The summed E-state index contributed by atoms with van der Waals surface area (Å²) in [5, 5.41) is 23.7. The molecule has 0 spiro atoms. The van der Waals surface area contributed by atoms with Crippen LogP contribution in [-0.2, 0) is 4.79 Å². The van der Waals surface area contributed by atoms with E-state index in [1.54, 1.807) is 12.5 Å². The van der Waals surface area contributed by atoms with Crippen molar-refractivity contribution in [1.29, 1.82) is 0 Å². The molecule has 4 heteroatoms. The van der Waals surface area contributed by atoms with Gasteiger partial charge in [0.2, 0.25) is 5.91 Å². The van der Waals surface area contributed by atoms with Gasteiger partial charge in [-0.15, -0.1) is 0 Å². The van der Waals surface area contributed by atoms with Gasteiger partial charge in [0.15, 0.2) is 0 Å². The van der Waals surface area contributed by atoms with Crippen molar-refractivity contribution in [2.24, 2.45) is 23.7 Å². The van der Waals surface area contributed by atoms with Crippen LogP contribution in [0.15, 0.2) is 23.8 Å². The fraction of sp³-hybridized carbons (Fsp3) is 0.800. The molecule has 2 aliphatic rings. The Morgan fingerprint density at radius 3 is 2.83 bits per heavy atom. The van der Waals surface area contributed by atoms with Crippen LogP contribution in [0.2, 0.25) is 0 Å². The van der Waals surface area contributed by atoms with Crippen molar-refractivity contribution in [3.8, 4) is 0 Å². The van der Waals surface area contributed by atoms with E-state index in [1.807, 2.05) is 6.08 Å². The lowest BCUT2D eigenvalue weighted by atomic mass is 9.88. The summed E-state index contributed by atoms with van der Waals surface area (Å²) in [7, 11) is 0. The summed E-state index contributed by atoms with van der Waals surface area (Å²) in [5.41, 5.74) is 1.54. The first kappa shape index (κ1) is 24.1. The minimum Gasteiger partial charge on any atom is -0.392 e. The largest absolute Gasteiger partial charge is 0.392 e. The van der Waals surface area contributed by atoms with Crippen LogP contribution in [0.3, 0.4) is 0 Å². The second-order valence-electron chi connectivity index (χ2n) is 9.47. The Balaban J connectivity index is 1.73. The third-order valence-electron chi connectivity index (χ3n) is 6.75. The number of hydrogen-bond donors (Lipinski definition) is 3. The number of carbonyl (C=O) groups excluding carboxylic acids is 1. The summed E-state index contributed by atoms with van der Waals surface area (Å²) in [6, 6.07) is 0. The molecule has 1 unspecified atom stereocenters. The predicted octanol–water partition coefficient (Wildman–Crippen LogP) is 4.76. The van der Waals surface area contributed by atoms with Crippen LogP contribution in [0, 0.1) is 23.7 Å². The minimum absolute atomic E-state index is 0.0505. The molecule has 0 aromatic heterocycles. The second-order valence-corrected chi connectivity index (χ2v) is 9.47. The maximum atomic E-state index is 10.9. The molecule has 1 amide bonds. The number of carbonyl (C=O) groups is 1. The molecule has 1 saturated carbocycles. The highest BCUT2D eigenvalue weighted by molar-refractivity contribution is 5.72. The number of aliphatic hydroxyl groups excluding tert-OH is 2. The standard InChI is InChI=1S/C25H43NO3/c1-4-5-9-18(2)14-22(28)11-12-23-24-16-20(15-21(24)17-25(23)29)10-7-6-8-13-26-19(3)27/h11-12,15,18,21-25,28-29H,4-10,13-14,16-17H2,1-3H3,(H,26,27)/t18-,21?,22+,23+,24-,25+/m0/s1. The first-order chi connectivity index (χ1) is 13.9. The van der Waals surface area contributed by atoms with Gasteiger partial charge in [-0.25, -0.2) is 0 Å². The van der Waals surface area contributed by atoms with Crippen LogP contribution in [-0.4, -0.2) is 34.9 Å². The predicted molar refractivity (Wildman–Crippen MR) is 119 cm³/mol. The van der Waals surface area contributed by atoms with Gasteiger partial charge < -0.3 is 15.5 Å². The maximum Gasteiger partial charge on any atom is 0.216 e. The number of rotatable bonds is 13. The van der Waals surface area contributed by atoms with Gasteiger partial charge in [0, 0.05) is 19.4 Å². The molecule has 0 saturated heterocycles. The van der Waals surface area contributed by atoms with Gasteiger partial charge in [-0.05, 0) is 56.3 Å². The van der Waals surface area contributed by atoms with E-state index in [0.29, 0.717) is 17.8 Å². The second kappa shape index (κ2) is 12.5. The van der Waals surface area contributed by atoms with E-state index < -0.39 is 6.10 Å². The first-order valence-electron chi connectivity index (χ1n) is 11.9. The molecular formula is C25H43NO3. The van der Waals surface area contributed by atoms with E-state index in [4.69, 9.17) is 0 Å². The van der Waals surface area contributed by atoms with Crippen LogP contribution < -0.4 is 5.32 Å². The Bertz CT molecular complexity index is 556. The van der Waals surface area contributed by atoms with Gasteiger partial charge >= 0.3 is 0 Å². The normalized spacial score (nSPS) is 28.4. The van der Waals surface area contributed by atoms with Crippen LogP contribution in [0.4, 0.5) is 0 Å². The molecule has 0 bridgehead atoms. The molecule has 29 heavy (non-hydrogen) atoms. The lowest BCUT2D eigenvalue weighted by molar-refractivity contribution is -0.118. The van der Waals surface area contributed by atoms with E-state index in [-0.39, 0.29) is 17.9 Å². The average molecular weight is 406 g/mol. The quantitative estimate of drug-likeness (QED) is 0.306. The third-order valence-corrected chi connectivity index (χ3v) is 6.75. The summed E-state index contributed by atoms with van der Waals surface area (Å²) in [5.74, 6) is 1.76. The van der Waals surface area contributed by atoms with Gasteiger partial charge in [0.05, 0.1) is 12.2 Å². The lowest BCUT2D eigenvalue weighted by Crippen LogP contribution is -2.20. The molecule has 2 rings (SSSR count). The van der Waals surface area contributed by atoms with Crippen molar-refractivity contribution in [1.82, 2.24) is 5.32 Å². The number of aliphatic hydroxyl groups is 2. The van der Waals surface area contributed by atoms with Gasteiger partial charge in [0.25, 0.3) is 0 Å². The molecule has 166 valence electrons. The Labute approximate surface area is 177 Å². The van der Waals surface area contributed by atoms with Crippen molar-refractivity contribution in [2.45, 2.75) is 97.2 Å². The highest BCUT2D eigenvalue weighted by atomic mass is 16.3. The number of hydrogen-bond acceptors (Lipinski definition) is 3. The molecule has 0 aromatic carbocycles. The Morgan fingerprint density at radius 2 is 2.10 bits per heavy atom. The van der Waals surface area contributed by atoms with Crippen molar-refractivity contribution in [3.63, 3.8) is 0 Å². The third kappa shape index (κ3) is 8.25. The van der Waals surface area contributed by atoms with E-state index in [0.717, 1.165) is 45.1 Å². The summed E-state index contributed by atoms with van der Waals surface area (Å²) >= 11 is 0. The van der Waals surface area contributed by atoms with E-state index in [2.05, 4.69) is 31.3 Å². The van der Waals surface area contributed by atoms with Crippen LogP contribution >= 0.6 is 0 Å². The highest BCUT2D eigenvalue weighted by Crippen LogP contribution is 2.48. The zero-order valence-electron chi connectivity index (χ0n) is 18.8. The van der Waals surface area contributed by atoms with Crippen LogP contribution in [0.25, 0.3) is 0 Å². The zero-order chi connectivity index (χ0) is 21.2. The molecule has 1 fully saturated rings. The zero-order valence-corrected chi connectivity index (χ0v) is 18.8. The molecule has 0 aliphatic heterocycles. The number of amides is 1. The number of fused-ring (bicyclic) bond motifs is 1. The number of nitrogens with one attached hydrogen (secondary N) is 1. The molecular weight excluding hydrogens is 362 g/mol. The van der Waals surface area contributed by atoms with Crippen molar-refractivity contribution in [2.75, 3.05) is 6.54 Å². The van der Waals surface area contributed by atoms with Crippen molar-refractivity contribution < 1.29 is 15.0 Å². The molecule has 0 aromatic rings. The summed E-state index contributed by atoms with van der Waals surface area (Å²) < 4.78 is 0. The maximum absolute atomic E-state index is 10.9. The Kier molecular flexibility index (Phi) is 10.4. The van der Waals surface area contributed by atoms with E-state index in [1.165, 1.54) is 25.7 Å². The Hall–Kier alpha value is -1.13. The van der Waals surface area contributed by atoms with Crippen LogP contribution in [0.5, 0.6) is 0 Å². The number of allylic oxidation sites excluding steroid dienone is 2. The monoisotopic (exact) mass is 405 g/mol. The van der Waals surface area contributed by atoms with Gasteiger partial charge in [-0.3, -0.25) is 4.79 Å². The SMILES string of the molecule is CCCC[C@H](C)C[C@H](O)C=C[C@H]1[C@H](O)CC2C=C(CCCCCNC(C)=O)C[C@@H]21. The smallest absolute Gasteiger partial charge is 0.216 e. The summed E-state index contributed by atoms with van der Waals surface area (Å²) in [6.07, 6.45) is 16.6. The van der Waals surface area contributed by atoms with Gasteiger partial charge in [0.1, 0.15) is 0 Å². The van der Waals surface area contributed by atoms with Crippen LogP contribution in [0.1, 0.15) is 85.0 Å². The topological polar surface area (TPSA) is 69.6 Å². The van der Waals surface area contributed by atoms with Gasteiger partial charge in [-0.2, -0.15) is 0 Å². The van der Waals surface area contributed by atoms with E-state index >= 15 is 0 Å². The molecule has 2 aliphatic carbocycles. The average Bonchev–Trinajstić information content (AvgIpc) is 3.17. The fourth-order valence-corrected chi connectivity index (χ4v) is 5.13. The Morgan fingerprint density at radius 1 is 1.31 bits per heavy atom.